The number of nitrogens with one attached hydrogen (secondary N) is 1. The molecule has 1 N–H and O–H groups in total. The van der Waals surface area contributed by atoms with E-state index in [1.807, 2.05) is 13.8 Å². The van der Waals surface area contributed by atoms with Crippen LogP contribution in [0.3, 0.4) is 0 Å². The zero-order valence-electron chi connectivity index (χ0n) is 11.6. The SMILES string of the molecule is CCn1c(=O)c2c(NC(C)C)ccnc2n(C)c1=O. The molecule has 0 aromatic carbocycles. The Labute approximate surface area is 110 Å². The highest BCUT2D eigenvalue weighted by Crippen LogP contribution is 2.17. The van der Waals surface area contributed by atoms with Gasteiger partial charge in [-0.25, -0.2) is 9.78 Å². The standard InChI is InChI=1S/C13H18N4O2/c1-5-17-12(18)10-9(15-8(2)3)6-7-14-11(10)16(4)13(17)19/h6-8H,5H2,1-4H3,(H,14,15). The normalized spacial score (nSPS) is 11.2. The fourth-order valence-electron chi connectivity index (χ4n) is 2.12. The molecule has 6 nitrogen and oxygen atoms in total. The van der Waals surface area contributed by atoms with Crippen molar-refractivity contribution in [2.45, 2.75) is 33.4 Å². The van der Waals surface area contributed by atoms with Crippen molar-refractivity contribution in [3.8, 4) is 0 Å². The van der Waals surface area contributed by atoms with Gasteiger partial charge in [-0.05, 0) is 26.8 Å². The van der Waals surface area contributed by atoms with E-state index in [1.165, 1.54) is 9.13 Å². The third-order valence-electron chi connectivity index (χ3n) is 2.99. The van der Waals surface area contributed by atoms with Gasteiger partial charge in [0.2, 0.25) is 0 Å². The second kappa shape index (κ2) is 4.87. The number of aryl methyl sites for hydroxylation is 1. The maximum absolute atomic E-state index is 12.4. The van der Waals surface area contributed by atoms with E-state index in [1.54, 1.807) is 26.2 Å². The van der Waals surface area contributed by atoms with E-state index in [0.717, 1.165) is 0 Å². The minimum Gasteiger partial charge on any atom is -0.382 e. The third-order valence-corrected chi connectivity index (χ3v) is 2.99. The summed E-state index contributed by atoms with van der Waals surface area (Å²) in [5.41, 5.74) is 0.485. The van der Waals surface area contributed by atoms with Crippen LogP contribution >= 0.6 is 0 Å². The molecule has 0 aliphatic carbocycles. The molecule has 19 heavy (non-hydrogen) atoms. The number of aromatic nitrogens is 3. The molecule has 0 bridgehead atoms. The number of nitrogens with zero attached hydrogens (tertiary/aromatic N) is 3. The third kappa shape index (κ3) is 2.14. The summed E-state index contributed by atoms with van der Waals surface area (Å²) in [6.45, 7) is 6.11. The molecule has 6 heteroatoms. The fourth-order valence-corrected chi connectivity index (χ4v) is 2.12. The van der Waals surface area contributed by atoms with Crippen molar-refractivity contribution in [1.29, 1.82) is 0 Å². The smallest absolute Gasteiger partial charge is 0.332 e. The second-order valence-electron chi connectivity index (χ2n) is 4.75. The predicted octanol–water partition coefficient (Wildman–Crippen LogP) is 0.935. The van der Waals surface area contributed by atoms with Crippen molar-refractivity contribution in [2.24, 2.45) is 7.05 Å². The second-order valence-corrected chi connectivity index (χ2v) is 4.75. The summed E-state index contributed by atoms with van der Waals surface area (Å²) in [5.74, 6) is 0. The zero-order valence-corrected chi connectivity index (χ0v) is 11.6. The maximum Gasteiger partial charge on any atom is 0.332 e. The Balaban J connectivity index is 2.93. The molecule has 0 atom stereocenters. The molecule has 102 valence electrons. The maximum atomic E-state index is 12.4. The van der Waals surface area contributed by atoms with Crippen molar-refractivity contribution in [1.82, 2.24) is 14.1 Å². The summed E-state index contributed by atoms with van der Waals surface area (Å²) in [6, 6.07) is 1.95. The highest BCUT2D eigenvalue weighted by molar-refractivity contribution is 5.88. The van der Waals surface area contributed by atoms with Gasteiger partial charge in [0.15, 0.2) is 5.65 Å². The van der Waals surface area contributed by atoms with Gasteiger partial charge in [0.1, 0.15) is 5.39 Å². The first-order valence-electron chi connectivity index (χ1n) is 6.32. The van der Waals surface area contributed by atoms with Crippen molar-refractivity contribution < 1.29 is 0 Å². The number of hydrogen-bond acceptors (Lipinski definition) is 4. The summed E-state index contributed by atoms with van der Waals surface area (Å²) in [5, 5.41) is 3.68. The molecule has 0 aliphatic heterocycles. The van der Waals surface area contributed by atoms with Gasteiger partial charge in [-0.2, -0.15) is 0 Å². The highest BCUT2D eigenvalue weighted by atomic mass is 16.2. The van der Waals surface area contributed by atoms with Crippen LogP contribution in [0, 0.1) is 0 Å². The van der Waals surface area contributed by atoms with Gasteiger partial charge < -0.3 is 5.32 Å². The van der Waals surface area contributed by atoms with E-state index in [-0.39, 0.29) is 17.3 Å². The van der Waals surface area contributed by atoms with Crippen molar-refractivity contribution >= 4 is 16.7 Å². The van der Waals surface area contributed by atoms with E-state index in [9.17, 15) is 9.59 Å². The van der Waals surface area contributed by atoms with Gasteiger partial charge in [-0.3, -0.25) is 13.9 Å². The molecule has 2 heterocycles. The summed E-state index contributed by atoms with van der Waals surface area (Å²) in [4.78, 5) is 28.6. The topological polar surface area (TPSA) is 68.9 Å². The molecular weight excluding hydrogens is 244 g/mol. The zero-order chi connectivity index (χ0) is 14.2. The molecule has 0 fully saturated rings. The lowest BCUT2D eigenvalue weighted by Gasteiger charge is -2.14. The van der Waals surface area contributed by atoms with Crippen molar-refractivity contribution in [2.75, 3.05) is 5.32 Å². The Morgan fingerprint density at radius 1 is 1.37 bits per heavy atom. The first-order valence-corrected chi connectivity index (χ1v) is 6.32. The van der Waals surface area contributed by atoms with Crippen LogP contribution in [0.15, 0.2) is 21.9 Å². The summed E-state index contributed by atoms with van der Waals surface area (Å²) < 4.78 is 2.63. The number of hydrogen-bond donors (Lipinski definition) is 1. The van der Waals surface area contributed by atoms with E-state index in [2.05, 4.69) is 10.3 Å². The number of pyridine rings is 1. The Morgan fingerprint density at radius 3 is 2.63 bits per heavy atom. The van der Waals surface area contributed by atoms with Gasteiger partial charge in [0.05, 0.1) is 5.69 Å². The molecule has 0 aliphatic rings. The quantitative estimate of drug-likeness (QED) is 0.893. The first kappa shape index (κ1) is 13.3. The monoisotopic (exact) mass is 262 g/mol. The van der Waals surface area contributed by atoms with Gasteiger partial charge >= 0.3 is 5.69 Å². The molecule has 0 unspecified atom stereocenters. The number of fused-ring (bicyclic) bond motifs is 1. The van der Waals surface area contributed by atoms with Crippen molar-refractivity contribution in [3.05, 3.63) is 33.1 Å². The molecule has 2 rings (SSSR count). The van der Waals surface area contributed by atoms with Crippen LogP contribution in [-0.2, 0) is 13.6 Å². The van der Waals surface area contributed by atoms with Crippen LogP contribution < -0.4 is 16.6 Å². The number of anilines is 1. The van der Waals surface area contributed by atoms with Crippen LogP contribution in [0.2, 0.25) is 0 Å². The van der Waals surface area contributed by atoms with Crippen LogP contribution in [0.1, 0.15) is 20.8 Å². The van der Waals surface area contributed by atoms with E-state index in [4.69, 9.17) is 0 Å². The molecule has 2 aromatic rings. The largest absolute Gasteiger partial charge is 0.382 e. The average molecular weight is 262 g/mol. The van der Waals surface area contributed by atoms with Crippen LogP contribution in [-0.4, -0.2) is 20.2 Å². The molecular formula is C13H18N4O2. The summed E-state index contributed by atoms with van der Waals surface area (Å²) >= 11 is 0. The van der Waals surface area contributed by atoms with Crippen molar-refractivity contribution in [3.63, 3.8) is 0 Å². The number of rotatable bonds is 3. The van der Waals surface area contributed by atoms with Gasteiger partial charge in [-0.1, -0.05) is 0 Å². The highest BCUT2D eigenvalue weighted by Gasteiger charge is 2.14. The van der Waals surface area contributed by atoms with Crippen LogP contribution in [0.5, 0.6) is 0 Å². The minimum atomic E-state index is -0.339. The lowest BCUT2D eigenvalue weighted by Crippen LogP contribution is -2.39. The molecule has 0 radical (unpaired) electrons. The van der Waals surface area contributed by atoms with Crippen LogP contribution in [0.4, 0.5) is 5.69 Å². The fraction of sp³-hybridized carbons (Fsp3) is 0.462. The molecule has 0 saturated carbocycles. The molecule has 0 saturated heterocycles. The Hall–Kier alpha value is -2.11. The average Bonchev–Trinajstić information content (AvgIpc) is 2.36. The first-order chi connectivity index (χ1) is 8.97. The Morgan fingerprint density at radius 2 is 2.05 bits per heavy atom. The van der Waals surface area contributed by atoms with Crippen LogP contribution in [0.25, 0.3) is 11.0 Å². The Bertz CT molecular complexity index is 728. The molecule has 0 spiro atoms. The molecule has 2 aromatic heterocycles. The summed E-state index contributed by atoms with van der Waals surface area (Å²) in [6.07, 6.45) is 1.60. The predicted molar refractivity (Wildman–Crippen MR) is 75.7 cm³/mol. The lowest BCUT2D eigenvalue weighted by molar-refractivity contribution is 0.637. The van der Waals surface area contributed by atoms with Gasteiger partial charge in [-0.15, -0.1) is 0 Å². The van der Waals surface area contributed by atoms with Gasteiger partial charge in [0.25, 0.3) is 5.56 Å². The lowest BCUT2D eigenvalue weighted by atomic mass is 10.2. The Kier molecular flexibility index (Phi) is 3.42. The van der Waals surface area contributed by atoms with E-state index < -0.39 is 0 Å². The molecule has 0 amide bonds. The van der Waals surface area contributed by atoms with Gasteiger partial charge in [0, 0.05) is 25.8 Å². The minimum absolute atomic E-state index is 0.192. The van der Waals surface area contributed by atoms with E-state index >= 15 is 0 Å². The van der Waals surface area contributed by atoms with E-state index in [0.29, 0.717) is 23.3 Å². The summed E-state index contributed by atoms with van der Waals surface area (Å²) in [7, 11) is 1.63.